The van der Waals surface area contributed by atoms with E-state index in [4.69, 9.17) is 4.74 Å². The Hall–Kier alpha value is -12.2. The predicted molar refractivity (Wildman–Crippen MR) is 490 cm³/mol. The van der Waals surface area contributed by atoms with Crippen LogP contribution in [0.3, 0.4) is 0 Å². The number of carboxylic acids is 2. The summed E-state index contributed by atoms with van der Waals surface area (Å²) in [6, 6.07) is 52.1. The van der Waals surface area contributed by atoms with Crippen LogP contribution in [0.5, 0.6) is 46.0 Å². The van der Waals surface area contributed by atoms with Crippen molar-refractivity contribution in [3.63, 3.8) is 0 Å². The van der Waals surface area contributed by atoms with E-state index >= 15 is 0 Å². The van der Waals surface area contributed by atoms with Crippen molar-refractivity contribution >= 4 is 58.6 Å². The summed E-state index contributed by atoms with van der Waals surface area (Å²) in [5.41, 5.74) is 3.74. The van der Waals surface area contributed by atoms with Gasteiger partial charge in [-0.15, -0.1) is 0 Å². The molecule has 2 atom stereocenters. The number of amides is 3. The molecule has 13 N–H and O–H groups in total. The second kappa shape index (κ2) is 47.4. The summed E-state index contributed by atoms with van der Waals surface area (Å²) < 4.78 is 5.47. The topological polar surface area (TPSA) is 418 Å². The van der Waals surface area contributed by atoms with Gasteiger partial charge in [0, 0.05) is 101 Å². The molecule has 0 fully saturated rings. The van der Waals surface area contributed by atoms with E-state index < -0.39 is 76.1 Å². The average Bonchev–Trinajstić information content (AvgIpc) is 0.802. The van der Waals surface area contributed by atoms with Crippen molar-refractivity contribution in [1.29, 1.82) is 0 Å². The number of phenols is 8. The maximum atomic E-state index is 12.8. The molecule has 686 valence electrons. The zero-order chi connectivity index (χ0) is 95.1. The minimum absolute atomic E-state index is 0.0602. The van der Waals surface area contributed by atoms with Gasteiger partial charge in [0.2, 0.25) is 17.7 Å². The van der Waals surface area contributed by atoms with Crippen LogP contribution in [0, 0.1) is 21.7 Å². The minimum Gasteiger partial charge on any atom is -0.508 e. The molecule has 0 saturated heterocycles. The van der Waals surface area contributed by atoms with E-state index in [1.807, 2.05) is 149 Å². The second-order valence-corrected chi connectivity index (χ2v) is 37.5. The predicted octanol–water partition coefficient (Wildman–Crippen LogP) is 18.2. The van der Waals surface area contributed by atoms with Crippen LogP contribution >= 0.6 is 0 Å². The van der Waals surface area contributed by atoms with Crippen molar-refractivity contribution in [2.45, 2.75) is 247 Å². The number of carbonyl (C=O) groups is 10. The zero-order valence-corrected chi connectivity index (χ0v) is 76.5. The van der Waals surface area contributed by atoms with Crippen LogP contribution in [-0.2, 0) is 74.3 Å². The van der Waals surface area contributed by atoms with E-state index in [1.165, 1.54) is 24.3 Å². The summed E-state index contributed by atoms with van der Waals surface area (Å²) in [7, 11) is 0. The summed E-state index contributed by atoms with van der Waals surface area (Å²) in [4.78, 5) is 122. The molecule has 0 heterocycles. The number of unbranched alkanes of at least 4 members (excludes halogenated alkanes) is 2. The zero-order valence-electron chi connectivity index (χ0n) is 76.5. The molecule has 0 aliphatic rings. The lowest BCUT2D eigenvalue weighted by molar-refractivity contribution is -0.146. The number of carboxylic acid groups (broad SMARTS) is 2. The van der Waals surface area contributed by atoms with Gasteiger partial charge >= 0.3 is 11.9 Å². The van der Waals surface area contributed by atoms with Crippen molar-refractivity contribution < 1.29 is 104 Å². The quantitative estimate of drug-likeness (QED) is 0.0159. The SMILES string of the molecule is CC(C)(C)C(=O)CC(NC(=O)CC(NC(=O)CCC(C)(c1ccc(O)cc1)c1ccc(O)cc1)C(=O)O)C(=O)O.CC(C)(C)C(=O)CCC(C)(c1ccc(O)cc1)c1ccc(O)cc1.CC(C)(C)C(=O)CCCCCC(=O)CCC(C)(c1ccc(O)cc1)c1ccc(O)cc1.CC(C)(C)C(=O)CCOCCNC(=O)CCC(C)(c1ccc(O)cc1)c1ccc(O)cc1. The maximum absolute atomic E-state index is 12.8. The highest BCUT2D eigenvalue weighted by molar-refractivity contribution is 5.94. The van der Waals surface area contributed by atoms with Gasteiger partial charge in [0.15, 0.2) is 0 Å². The molecule has 8 aromatic rings. The Kier molecular flexibility index (Phi) is 39.3. The third-order valence-corrected chi connectivity index (χ3v) is 23.3. The van der Waals surface area contributed by atoms with Crippen LogP contribution in [0.1, 0.15) is 258 Å². The largest absolute Gasteiger partial charge is 0.508 e. The lowest BCUT2D eigenvalue weighted by atomic mass is 9.71. The van der Waals surface area contributed by atoms with Crippen molar-refractivity contribution in [1.82, 2.24) is 16.0 Å². The molecule has 0 saturated carbocycles. The van der Waals surface area contributed by atoms with Gasteiger partial charge in [-0.3, -0.25) is 38.4 Å². The van der Waals surface area contributed by atoms with E-state index in [0.29, 0.717) is 77.5 Å². The minimum atomic E-state index is -1.63. The van der Waals surface area contributed by atoms with Gasteiger partial charge in [0.1, 0.15) is 87.0 Å². The molecular weight excluding hydrogens is 1620 g/mol. The number of nitrogens with one attached hydrogen (secondary N) is 3. The molecule has 2 unspecified atom stereocenters. The van der Waals surface area contributed by atoms with Crippen molar-refractivity contribution in [2.24, 2.45) is 21.7 Å². The van der Waals surface area contributed by atoms with E-state index in [0.717, 1.165) is 63.8 Å². The number of ketones is 5. The van der Waals surface area contributed by atoms with Gasteiger partial charge in [-0.05, 0) is 180 Å². The third-order valence-electron chi connectivity index (χ3n) is 23.3. The molecule has 8 rings (SSSR count). The maximum Gasteiger partial charge on any atom is 0.326 e. The molecule has 8 aromatic carbocycles. The number of hydrogen-bond acceptors (Lipinski definition) is 19. The number of benzene rings is 8. The normalized spacial score (nSPS) is 12.3. The molecule has 24 nitrogen and oxygen atoms in total. The highest BCUT2D eigenvalue weighted by atomic mass is 16.5. The molecule has 3 amide bonds. The molecule has 127 heavy (non-hydrogen) atoms. The van der Waals surface area contributed by atoms with Crippen molar-refractivity contribution in [3.05, 3.63) is 239 Å². The first kappa shape index (κ1) is 105. The number of hydrogen-bond donors (Lipinski definition) is 13. The smallest absolute Gasteiger partial charge is 0.326 e. The fourth-order valence-corrected chi connectivity index (χ4v) is 14.2. The summed E-state index contributed by atoms with van der Waals surface area (Å²) in [6.45, 7) is 31.3. The lowest BCUT2D eigenvalue weighted by Gasteiger charge is -2.32. The Bertz CT molecular complexity index is 4720. The van der Waals surface area contributed by atoms with Gasteiger partial charge in [-0.25, -0.2) is 9.59 Å². The highest BCUT2D eigenvalue weighted by Crippen LogP contribution is 2.43. The molecule has 0 spiro atoms. The van der Waals surface area contributed by atoms with Crippen LogP contribution in [0.25, 0.3) is 0 Å². The molecule has 0 bridgehead atoms. The summed E-state index contributed by atoms with van der Waals surface area (Å²) in [5, 5.41) is 103. The molecule has 0 radical (unpaired) electrons. The summed E-state index contributed by atoms with van der Waals surface area (Å²) in [5.74, 6) is -2.77. The highest BCUT2D eigenvalue weighted by Gasteiger charge is 2.37. The van der Waals surface area contributed by atoms with E-state index in [-0.39, 0.29) is 110 Å². The Morgan fingerprint density at radius 2 is 0.512 bits per heavy atom. The second-order valence-electron chi connectivity index (χ2n) is 37.5. The molecule has 24 heteroatoms. The number of phenolic OH excluding ortho intramolecular Hbond substituents is 8. The van der Waals surface area contributed by atoms with Gasteiger partial charge in [0.05, 0.1) is 19.6 Å². The van der Waals surface area contributed by atoms with Crippen LogP contribution < -0.4 is 16.0 Å². The van der Waals surface area contributed by atoms with Gasteiger partial charge in [0.25, 0.3) is 0 Å². The standard InChI is InChI=1S/C29H36N2O9.C27H36O4.C26H35NO5.C21H26O3/c1-28(2,3)23(34)15-21(26(37)38)31-25(36)16-22(27(39)40)30-24(35)13-14-29(4,17-5-9-19(32)10-6-17)18-7-11-20(33)12-8-18;1-26(2,3)25(31)9-7-5-6-8-22(28)18-19-27(4,20-10-14-23(29)15-11-20)21-12-16-24(30)17-13-21;1-25(2,3)23(30)14-17-32-18-16-27-24(31)13-15-26(4,19-5-9-21(28)10-6-19)20-7-11-22(29)12-8-20;1-20(2,3)19(24)13-14-21(4,15-5-9-17(22)10-6-15)16-7-11-18(23)12-8-16/h5-12,21-22,32-33H,13-16H2,1-4H3,(H,30,35)(H,31,36)(H,37,38)(H,39,40);10-17,29-30H,5-9,18-19H2,1-4H3;5-12,28-29H,13-18H2,1-4H3,(H,27,31);5-12,22-23H,13-14H2,1-4H3. The van der Waals surface area contributed by atoms with Gasteiger partial charge < -0.3 is 71.8 Å². The number of aromatic hydroxyl groups is 8. The fourth-order valence-electron chi connectivity index (χ4n) is 14.2. The number of ether oxygens (including phenoxy) is 1. The Labute approximate surface area is 747 Å². The first-order valence-corrected chi connectivity index (χ1v) is 43.1. The molecular formula is C103H133N3O21. The van der Waals surface area contributed by atoms with Crippen LogP contribution in [0.4, 0.5) is 0 Å². The van der Waals surface area contributed by atoms with Crippen LogP contribution in [-0.4, -0.2) is 141 Å². The number of rotatable bonds is 40. The van der Waals surface area contributed by atoms with E-state index in [2.05, 4.69) is 29.8 Å². The Morgan fingerprint density at radius 1 is 0.268 bits per heavy atom. The third kappa shape index (κ3) is 33.9. The first-order chi connectivity index (χ1) is 59.2. The van der Waals surface area contributed by atoms with Crippen LogP contribution in [0.2, 0.25) is 0 Å². The molecule has 0 aromatic heterocycles. The Balaban J connectivity index is 0.000000305. The monoisotopic (exact) mass is 1750 g/mol. The van der Waals surface area contributed by atoms with Crippen LogP contribution in [0.15, 0.2) is 194 Å². The molecule has 0 aliphatic heterocycles. The molecule has 0 aliphatic carbocycles. The average molecular weight is 1750 g/mol. The van der Waals surface area contributed by atoms with Gasteiger partial charge in [-0.2, -0.15) is 0 Å². The number of aliphatic carboxylic acids is 2. The first-order valence-electron chi connectivity index (χ1n) is 43.1. The summed E-state index contributed by atoms with van der Waals surface area (Å²) >= 11 is 0. The van der Waals surface area contributed by atoms with E-state index in [1.54, 1.807) is 118 Å². The Morgan fingerprint density at radius 3 is 0.803 bits per heavy atom. The van der Waals surface area contributed by atoms with Crippen molar-refractivity contribution in [2.75, 3.05) is 19.8 Å². The lowest BCUT2D eigenvalue weighted by Crippen LogP contribution is -2.48. The van der Waals surface area contributed by atoms with Gasteiger partial charge in [-0.1, -0.05) is 214 Å². The number of Topliss-reactive ketones (excluding diaryl/α,β-unsaturated/α-hetero) is 5. The summed E-state index contributed by atoms with van der Waals surface area (Å²) in [6.07, 6.45) is 5.99. The van der Waals surface area contributed by atoms with Crippen molar-refractivity contribution in [3.8, 4) is 46.0 Å². The fraction of sp³-hybridized carbons (Fsp3) is 0.437. The number of carbonyl (C=O) groups excluding carboxylic acids is 8. The van der Waals surface area contributed by atoms with E-state index in [9.17, 15) is 99.0 Å².